The third-order valence-corrected chi connectivity index (χ3v) is 18.7. The molecular formula is C47H49Cl2N7O9S4. The minimum absolute atomic E-state index is 0.00729. The standard InChI is InChI=1S/C24H26ClN3O4S2.C23H23ClN4O5S2/c1-32-22-5-3-2-4-21(22)27-19-12-14-28(15-13-19)34(30,31)23-11-10-20(33-23)16-26-24(29)17-6-8-18(25)9-7-17;24-17-6-4-16(5-7-17)23(29)25-15-21-8-9-22(34-21)35(32,33)27-12-10-18(11-13-27)26-19-2-1-3-20(14-19)28(30)31/h2-11,19,27H,12-16H2,1H3,(H,26,29);1-9,14,18,26H,10-13,15H2,(H,25,29). The summed E-state index contributed by atoms with van der Waals surface area (Å²) in [4.78, 5) is 36.6. The fraction of sp³-hybridized carbons (Fsp3) is 0.277. The molecule has 364 valence electrons. The predicted molar refractivity (Wildman–Crippen MR) is 271 cm³/mol. The van der Waals surface area contributed by atoms with Gasteiger partial charge in [0.2, 0.25) is 0 Å². The van der Waals surface area contributed by atoms with Gasteiger partial charge in [-0.3, -0.25) is 19.7 Å². The van der Waals surface area contributed by atoms with Gasteiger partial charge in [-0.2, -0.15) is 8.61 Å². The van der Waals surface area contributed by atoms with E-state index in [9.17, 15) is 36.5 Å². The highest BCUT2D eigenvalue weighted by atomic mass is 35.5. The molecule has 0 radical (unpaired) electrons. The van der Waals surface area contributed by atoms with Crippen LogP contribution in [0.25, 0.3) is 0 Å². The van der Waals surface area contributed by atoms with Gasteiger partial charge in [0.15, 0.2) is 0 Å². The average Bonchev–Trinajstić information content (AvgIpc) is 4.06. The number of hydrogen-bond donors (Lipinski definition) is 4. The van der Waals surface area contributed by atoms with Crippen LogP contribution in [0.1, 0.15) is 56.2 Å². The molecule has 22 heteroatoms. The van der Waals surface area contributed by atoms with E-state index in [2.05, 4.69) is 21.3 Å². The number of rotatable bonds is 16. The molecule has 0 aliphatic carbocycles. The number of nitro benzene ring substituents is 1. The van der Waals surface area contributed by atoms with Crippen molar-refractivity contribution < 1.29 is 36.1 Å². The number of nitrogens with zero attached hydrogens (tertiary/aromatic N) is 3. The number of carbonyl (C=O) groups excluding carboxylic acids is 2. The summed E-state index contributed by atoms with van der Waals surface area (Å²) in [5.41, 5.74) is 2.53. The van der Waals surface area contributed by atoms with Gasteiger partial charge in [0.1, 0.15) is 14.2 Å². The van der Waals surface area contributed by atoms with Crippen molar-refractivity contribution in [3.05, 3.63) is 162 Å². The molecule has 2 amide bonds. The zero-order valence-corrected chi connectivity index (χ0v) is 42.0. The number of nitrogens with one attached hydrogen (secondary N) is 4. The van der Waals surface area contributed by atoms with Gasteiger partial charge >= 0.3 is 0 Å². The maximum absolute atomic E-state index is 13.2. The minimum atomic E-state index is -3.64. The molecule has 0 unspecified atom stereocenters. The summed E-state index contributed by atoms with van der Waals surface area (Å²) in [5.74, 6) is 0.267. The first-order chi connectivity index (χ1) is 33.1. The monoisotopic (exact) mass is 1050 g/mol. The zero-order chi connectivity index (χ0) is 49.1. The number of benzene rings is 4. The highest BCUT2D eigenvalue weighted by Gasteiger charge is 2.32. The topological polar surface area (TPSA) is 209 Å². The number of methoxy groups -OCH3 is 1. The fourth-order valence-electron chi connectivity index (χ4n) is 7.59. The molecule has 4 N–H and O–H groups in total. The van der Waals surface area contributed by atoms with Gasteiger partial charge in [0.05, 0.1) is 30.8 Å². The Labute approximate surface area is 418 Å². The SMILES string of the molecule is COc1ccccc1NC1CCN(S(=O)(=O)c2ccc(CNC(=O)c3ccc(Cl)cc3)s2)CC1.O=C(NCc1ccc(S(=O)(=O)N2CCC(Nc3cccc([N+](=O)[O-])c3)CC2)s1)c1ccc(Cl)cc1. The molecule has 2 aliphatic heterocycles. The Hall–Kier alpha value is -5.58. The molecule has 0 bridgehead atoms. The van der Waals surface area contributed by atoms with E-state index in [4.69, 9.17) is 27.9 Å². The van der Waals surface area contributed by atoms with E-state index >= 15 is 0 Å². The van der Waals surface area contributed by atoms with Crippen molar-refractivity contribution >= 4 is 94.8 Å². The lowest BCUT2D eigenvalue weighted by Gasteiger charge is -2.32. The van der Waals surface area contributed by atoms with Crippen molar-refractivity contribution in [1.29, 1.82) is 0 Å². The molecule has 2 fully saturated rings. The van der Waals surface area contributed by atoms with Crippen molar-refractivity contribution in [3.63, 3.8) is 0 Å². The van der Waals surface area contributed by atoms with Crippen LogP contribution < -0.4 is 26.0 Å². The molecule has 2 aliphatic rings. The van der Waals surface area contributed by atoms with E-state index in [1.54, 1.807) is 92.0 Å². The van der Waals surface area contributed by atoms with Crippen molar-refractivity contribution in [3.8, 4) is 5.75 Å². The molecule has 4 heterocycles. The number of para-hydroxylation sites is 2. The van der Waals surface area contributed by atoms with E-state index in [1.165, 1.54) is 32.1 Å². The van der Waals surface area contributed by atoms with Gasteiger partial charge in [-0.25, -0.2) is 16.8 Å². The van der Waals surface area contributed by atoms with E-state index in [1.807, 2.05) is 24.3 Å². The third-order valence-electron chi connectivity index (χ3n) is 11.3. The lowest BCUT2D eigenvalue weighted by atomic mass is 10.1. The lowest BCUT2D eigenvalue weighted by Crippen LogP contribution is -2.42. The average molecular weight is 1060 g/mol. The number of non-ortho nitro benzene ring substituents is 1. The highest BCUT2D eigenvalue weighted by molar-refractivity contribution is 7.91. The van der Waals surface area contributed by atoms with Gasteiger partial charge in [-0.1, -0.05) is 41.4 Å². The summed E-state index contributed by atoms with van der Waals surface area (Å²) in [6.45, 7) is 2.04. The fourth-order valence-corrected chi connectivity index (χ4v) is 13.7. The quantitative estimate of drug-likeness (QED) is 0.0531. The molecule has 69 heavy (non-hydrogen) atoms. The summed E-state index contributed by atoms with van der Waals surface area (Å²) < 4.78 is 61.5. The van der Waals surface area contributed by atoms with Gasteiger partial charge in [-0.15, -0.1) is 22.7 Å². The molecule has 0 spiro atoms. The molecule has 2 aromatic heterocycles. The zero-order valence-electron chi connectivity index (χ0n) is 37.2. The van der Waals surface area contributed by atoms with Gasteiger partial charge in [0.25, 0.3) is 37.5 Å². The molecule has 0 atom stereocenters. The van der Waals surface area contributed by atoms with E-state index in [0.29, 0.717) is 82.9 Å². The molecule has 16 nitrogen and oxygen atoms in total. The second kappa shape index (κ2) is 23.4. The first kappa shape index (κ1) is 51.3. The van der Waals surface area contributed by atoms with E-state index in [0.717, 1.165) is 32.5 Å². The maximum atomic E-state index is 13.2. The first-order valence-electron chi connectivity index (χ1n) is 21.7. The minimum Gasteiger partial charge on any atom is -0.495 e. The largest absolute Gasteiger partial charge is 0.495 e. The summed E-state index contributed by atoms with van der Waals surface area (Å²) in [6, 6.07) is 33.9. The number of thiophene rings is 2. The summed E-state index contributed by atoms with van der Waals surface area (Å²) in [7, 11) is -5.58. The van der Waals surface area contributed by atoms with Crippen molar-refractivity contribution in [2.24, 2.45) is 0 Å². The van der Waals surface area contributed by atoms with Crippen LogP contribution in [0.3, 0.4) is 0 Å². The first-order valence-corrected chi connectivity index (χ1v) is 27.0. The molecule has 4 aromatic carbocycles. The smallest absolute Gasteiger partial charge is 0.271 e. The Bertz CT molecular complexity index is 2960. The number of nitro groups is 1. The van der Waals surface area contributed by atoms with Crippen LogP contribution in [0, 0.1) is 10.1 Å². The van der Waals surface area contributed by atoms with Crippen molar-refractivity contribution in [1.82, 2.24) is 19.2 Å². The molecule has 0 saturated carbocycles. The van der Waals surface area contributed by atoms with Gasteiger partial charge in [0, 0.05) is 87.0 Å². The number of halogens is 2. The summed E-state index contributed by atoms with van der Waals surface area (Å²) in [6.07, 6.45) is 2.56. The van der Waals surface area contributed by atoms with Gasteiger partial charge < -0.3 is 26.0 Å². The predicted octanol–water partition coefficient (Wildman–Crippen LogP) is 9.11. The van der Waals surface area contributed by atoms with Crippen molar-refractivity contribution in [2.45, 2.75) is 59.3 Å². The Kier molecular flexibility index (Phi) is 17.4. The number of sulfonamides is 2. The summed E-state index contributed by atoms with van der Waals surface area (Å²) >= 11 is 14.0. The van der Waals surface area contributed by atoms with Crippen LogP contribution in [-0.2, 0) is 33.1 Å². The van der Waals surface area contributed by atoms with Crippen LogP contribution in [0.15, 0.2) is 130 Å². The van der Waals surface area contributed by atoms with Crippen molar-refractivity contribution in [2.75, 3.05) is 43.9 Å². The lowest BCUT2D eigenvalue weighted by molar-refractivity contribution is -0.384. The van der Waals surface area contributed by atoms with Crippen LogP contribution in [0.4, 0.5) is 17.1 Å². The number of carbonyl (C=O) groups is 2. The van der Waals surface area contributed by atoms with Crippen LogP contribution in [-0.4, -0.2) is 87.6 Å². The second-order valence-corrected chi connectivity index (χ2v) is 23.5. The highest BCUT2D eigenvalue weighted by Crippen LogP contribution is 2.31. The normalized spacial score (nSPS) is 15.1. The Balaban J connectivity index is 0.000000204. The third kappa shape index (κ3) is 13.6. The summed E-state index contributed by atoms with van der Waals surface area (Å²) in [5, 5.41) is 24.4. The second-order valence-electron chi connectivity index (χ2n) is 16.0. The molecular weight excluding hydrogens is 1010 g/mol. The Morgan fingerprint density at radius 2 is 1.12 bits per heavy atom. The number of anilines is 2. The maximum Gasteiger partial charge on any atom is 0.271 e. The Morgan fingerprint density at radius 1 is 0.652 bits per heavy atom. The van der Waals surface area contributed by atoms with Crippen LogP contribution >= 0.6 is 45.9 Å². The number of hydrogen-bond acceptors (Lipinski definition) is 13. The number of amides is 2. The number of ether oxygens (including phenoxy) is 1. The van der Waals surface area contributed by atoms with Crippen LogP contribution in [0.2, 0.25) is 10.0 Å². The number of piperidine rings is 2. The van der Waals surface area contributed by atoms with Crippen LogP contribution in [0.5, 0.6) is 5.75 Å². The van der Waals surface area contributed by atoms with Gasteiger partial charge in [-0.05, 0) is 117 Å². The molecule has 8 rings (SSSR count). The molecule has 2 saturated heterocycles. The van der Waals surface area contributed by atoms with E-state index in [-0.39, 0.29) is 46.9 Å². The Morgan fingerprint density at radius 3 is 1.58 bits per heavy atom. The molecule has 6 aromatic rings. The van der Waals surface area contributed by atoms with E-state index < -0.39 is 25.0 Å².